The second-order valence-electron chi connectivity index (χ2n) is 10.8. The molecule has 4 aromatic heterocycles. The molecule has 0 amide bonds. The zero-order chi connectivity index (χ0) is 30.6. The molecule has 0 atom stereocenters. The first kappa shape index (κ1) is 31.8. The van der Waals surface area contributed by atoms with Crippen LogP contribution >= 0.6 is 31.9 Å². The van der Waals surface area contributed by atoms with Crippen LogP contribution in [0, 0.1) is 0 Å². The van der Waals surface area contributed by atoms with Crippen molar-refractivity contribution in [3.8, 4) is 11.4 Å². The summed E-state index contributed by atoms with van der Waals surface area (Å²) in [5.41, 5.74) is 12.4. The molecule has 1 saturated heterocycles. The third-order valence-corrected chi connectivity index (χ3v) is 8.85. The molecule has 44 heavy (non-hydrogen) atoms. The molecule has 0 spiro atoms. The number of rotatable bonds is 7. The van der Waals surface area contributed by atoms with Gasteiger partial charge >= 0.3 is 0 Å². The van der Waals surface area contributed by atoms with Gasteiger partial charge in [0.2, 0.25) is 0 Å². The van der Waals surface area contributed by atoms with E-state index in [0.29, 0.717) is 0 Å². The van der Waals surface area contributed by atoms with Gasteiger partial charge in [0, 0.05) is 70.7 Å². The molecule has 7 rings (SSSR count). The maximum Gasteiger partial charge on any atom is 0.0639 e. The summed E-state index contributed by atoms with van der Waals surface area (Å²) in [7, 11) is 0. The smallest absolute Gasteiger partial charge is 0.0639 e. The predicted octanol–water partition coefficient (Wildman–Crippen LogP) is 9.57. The van der Waals surface area contributed by atoms with Gasteiger partial charge in [0.1, 0.15) is 0 Å². The lowest BCUT2D eigenvalue weighted by Gasteiger charge is -2.28. The van der Waals surface area contributed by atoms with Crippen molar-refractivity contribution in [1.82, 2.24) is 19.1 Å². The maximum atomic E-state index is 5.75. The number of benzene rings is 2. The third kappa shape index (κ3) is 8.30. The van der Waals surface area contributed by atoms with Gasteiger partial charge in [0.05, 0.1) is 34.8 Å². The average Bonchev–Trinajstić information content (AvgIpc) is 3.71. The van der Waals surface area contributed by atoms with Crippen LogP contribution in [0.15, 0.2) is 110 Å². The Labute approximate surface area is 277 Å². The van der Waals surface area contributed by atoms with Crippen LogP contribution in [0.1, 0.15) is 38.5 Å². The molecule has 1 fully saturated rings. The Balaban J connectivity index is 0.000000148. The standard InChI is InChI=1S/C18H19N3.C13H11N3.C5H10Br2/c1-2-10-20(11-3-1)16-6-7-18-15(13-16)8-12-21(18)17-5-4-9-19-14-17;14-11-3-4-13-10(8-11)5-7-16(13)12-2-1-6-15-9-12;6-4-2-1-3-5-7/h4-9,12-14H,1-3,10-11H2;1-9H,14H2;1-5H2. The number of unbranched alkanes of at least 4 members (excludes halogenated alkanes) is 2. The molecule has 0 unspecified atom stereocenters. The van der Waals surface area contributed by atoms with Gasteiger partial charge < -0.3 is 19.8 Å². The van der Waals surface area contributed by atoms with Crippen LogP contribution in [-0.2, 0) is 0 Å². The van der Waals surface area contributed by atoms with Gasteiger partial charge in [0.15, 0.2) is 0 Å². The van der Waals surface area contributed by atoms with E-state index in [1.807, 2.05) is 61.2 Å². The van der Waals surface area contributed by atoms with Crippen molar-refractivity contribution in [2.45, 2.75) is 38.5 Å². The quantitative estimate of drug-likeness (QED) is 0.102. The Morgan fingerprint density at radius 3 is 1.73 bits per heavy atom. The Kier molecular flexibility index (Phi) is 11.9. The minimum atomic E-state index is 0.788. The summed E-state index contributed by atoms with van der Waals surface area (Å²) in [6, 6.07) is 25.0. The number of halogens is 2. The molecular formula is C36H40Br2N6. The first-order valence-electron chi connectivity index (χ1n) is 15.3. The molecule has 5 heterocycles. The molecule has 2 aromatic carbocycles. The lowest BCUT2D eigenvalue weighted by atomic mass is 10.1. The summed E-state index contributed by atoms with van der Waals surface area (Å²) in [6.07, 6.45) is 19.4. The van der Waals surface area contributed by atoms with Crippen LogP contribution in [0.25, 0.3) is 33.2 Å². The second-order valence-corrected chi connectivity index (χ2v) is 12.4. The fourth-order valence-corrected chi connectivity index (χ4v) is 6.24. The molecule has 6 aromatic rings. The number of nitrogens with zero attached hydrogens (tertiary/aromatic N) is 5. The fourth-order valence-electron chi connectivity index (χ4n) is 5.45. The van der Waals surface area contributed by atoms with E-state index in [0.717, 1.165) is 38.6 Å². The zero-order valence-electron chi connectivity index (χ0n) is 25.0. The molecule has 1 aliphatic heterocycles. The monoisotopic (exact) mass is 714 g/mol. The number of aromatic nitrogens is 4. The van der Waals surface area contributed by atoms with Gasteiger partial charge in [-0.2, -0.15) is 0 Å². The van der Waals surface area contributed by atoms with E-state index in [4.69, 9.17) is 5.73 Å². The fraction of sp³-hybridized carbons (Fsp3) is 0.278. The highest BCUT2D eigenvalue weighted by Gasteiger charge is 2.12. The van der Waals surface area contributed by atoms with Crippen molar-refractivity contribution in [1.29, 1.82) is 0 Å². The number of hydrogen-bond donors (Lipinski definition) is 1. The van der Waals surface area contributed by atoms with Crippen molar-refractivity contribution in [3.05, 3.63) is 110 Å². The highest BCUT2D eigenvalue weighted by molar-refractivity contribution is 9.09. The van der Waals surface area contributed by atoms with Crippen molar-refractivity contribution < 1.29 is 0 Å². The number of hydrogen-bond acceptors (Lipinski definition) is 4. The number of nitrogens with two attached hydrogens (primary N) is 1. The summed E-state index contributed by atoms with van der Waals surface area (Å²) in [5.74, 6) is 0. The molecule has 0 aliphatic carbocycles. The van der Waals surface area contributed by atoms with Crippen molar-refractivity contribution in [2.24, 2.45) is 0 Å². The van der Waals surface area contributed by atoms with Crippen molar-refractivity contribution >= 4 is 65.0 Å². The van der Waals surface area contributed by atoms with Crippen LogP contribution in [0.2, 0.25) is 0 Å². The predicted molar refractivity (Wildman–Crippen MR) is 194 cm³/mol. The summed E-state index contributed by atoms with van der Waals surface area (Å²) < 4.78 is 4.30. The van der Waals surface area contributed by atoms with Gasteiger partial charge in [-0.25, -0.2) is 0 Å². The topological polar surface area (TPSA) is 64.9 Å². The first-order chi connectivity index (χ1) is 21.7. The molecule has 8 heteroatoms. The summed E-state index contributed by atoms with van der Waals surface area (Å²) in [5, 5.41) is 4.74. The van der Waals surface area contributed by atoms with E-state index < -0.39 is 0 Å². The van der Waals surface area contributed by atoms with Crippen LogP contribution in [0.4, 0.5) is 11.4 Å². The number of anilines is 2. The Hall–Kier alpha value is -3.62. The minimum Gasteiger partial charge on any atom is -0.399 e. The average molecular weight is 717 g/mol. The molecule has 2 N–H and O–H groups in total. The number of pyridine rings is 2. The van der Waals surface area contributed by atoms with Gasteiger partial charge in [-0.3, -0.25) is 9.97 Å². The van der Waals surface area contributed by atoms with E-state index in [2.05, 4.69) is 98.5 Å². The summed E-state index contributed by atoms with van der Waals surface area (Å²) in [4.78, 5) is 10.8. The second kappa shape index (κ2) is 16.5. The third-order valence-electron chi connectivity index (χ3n) is 7.72. The molecule has 1 aliphatic rings. The first-order valence-corrected chi connectivity index (χ1v) is 17.6. The van der Waals surface area contributed by atoms with Crippen LogP contribution in [-0.4, -0.2) is 42.9 Å². The highest BCUT2D eigenvalue weighted by Crippen LogP contribution is 2.27. The van der Waals surface area contributed by atoms with E-state index in [9.17, 15) is 0 Å². The Bertz CT molecular complexity index is 1700. The number of piperidine rings is 1. The van der Waals surface area contributed by atoms with E-state index >= 15 is 0 Å². The van der Waals surface area contributed by atoms with Crippen LogP contribution in [0.5, 0.6) is 0 Å². The zero-order valence-corrected chi connectivity index (χ0v) is 28.2. The lowest BCUT2D eigenvalue weighted by molar-refractivity contribution is 0.578. The SMILES string of the molecule is BrCCCCCBr.Nc1ccc2c(ccn2-c2cccnc2)c1.c1cncc(-n2ccc3cc(N4CCCCC4)ccc32)c1. The number of alkyl halides is 2. The van der Waals surface area contributed by atoms with E-state index in [1.165, 1.54) is 68.2 Å². The number of nitrogen functional groups attached to an aromatic ring is 1. The molecular weight excluding hydrogens is 676 g/mol. The van der Waals surface area contributed by atoms with Crippen LogP contribution < -0.4 is 10.6 Å². The minimum absolute atomic E-state index is 0.788. The molecule has 6 nitrogen and oxygen atoms in total. The van der Waals surface area contributed by atoms with Crippen molar-refractivity contribution in [2.75, 3.05) is 34.4 Å². The van der Waals surface area contributed by atoms with E-state index in [-0.39, 0.29) is 0 Å². The van der Waals surface area contributed by atoms with Crippen molar-refractivity contribution in [3.63, 3.8) is 0 Å². The number of fused-ring (bicyclic) bond motifs is 2. The highest BCUT2D eigenvalue weighted by atomic mass is 79.9. The maximum absolute atomic E-state index is 5.75. The van der Waals surface area contributed by atoms with Gasteiger partial charge in [0.25, 0.3) is 0 Å². The Morgan fingerprint density at radius 2 is 1.18 bits per heavy atom. The van der Waals surface area contributed by atoms with Crippen LogP contribution in [0.3, 0.4) is 0 Å². The van der Waals surface area contributed by atoms with Gasteiger partial charge in [-0.15, -0.1) is 0 Å². The lowest BCUT2D eigenvalue weighted by Crippen LogP contribution is -2.29. The normalized spacial score (nSPS) is 12.8. The summed E-state index contributed by atoms with van der Waals surface area (Å²) in [6.45, 7) is 2.38. The summed E-state index contributed by atoms with van der Waals surface area (Å²) >= 11 is 6.73. The molecule has 0 bridgehead atoms. The molecule has 0 saturated carbocycles. The largest absolute Gasteiger partial charge is 0.399 e. The Morgan fingerprint density at radius 1 is 0.614 bits per heavy atom. The molecule has 228 valence electrons. The van der Waals surface area contributed by atoms with Gasteiger partial charge in [-0.1, -0.05) is 38.3 Å². The van der Waals surface area contributed by atoms with E-state index in [1.54, 1.807) is 6.20 Å². The van der Waals surface area contributed by atoms with Gasteiger partial charge in [-0.05, 0) is 105 Å². The molecule has 0 radical (unpaired) electrons.